The van der Waals surface area contributed by atoms with Crippen LogP contribution in [0.25, 0.3) is 0 Å². The highest BCUT2D eigenvalue weighted by molar-refractivity contribution is 5.39. The van der Waals surface area contributed by atoms with Gasteiger partial charge in [-0.15, -0.1) is 0 Å². The molecule has 0 aliphatic carbocycles. The molecule has 0 bridgehead atoms. The molecule has 0 fully saturated rings. The minimum atomic E-state index is 0.243. The Bertz CT molecular complexity index is 549. The average molecular weight is 260 g/mol. The summed E-state index contributed by atoms with van der Waals surface area (Å²) in [6.07, 6.45) is 0. The maximum absolute atomic E-state index is 5.87. The van der Waals surface area contributed by atoms with Crippen molar-refractivity contribution >= 4 is 0 Å². The van der Waals surface area contributed by atoms with Crippen molar-refractivity contribution in [2.45, 2.75) is 33.4 Å². The number of aromatic nitrogens is 1. The lowest BCUT2D eigenvalue weighted by Gasteiger charge is -2.16. The van der Waals surface area contributed by atoms with Crippen molar-refractivity contribution in [2.75, 3.05) is 7.05 Å². The largest absolute Gasteiger partial charge is 0.485 e. The number of nitrogens with one attached hydrogen (secondary N) is 1. The second-order valence-electron chi connectivity index (χ2n) is 4.77. The lowest BCUT2D eigenvalue weighted by Crippen LogP contribution is -2.13. The monoisotopic (exact) mass is 260 g/mol. The SMILES string of the molecule is CNC(C)c1ccc(C)cc1OCc1cc(C)no1. The summed E-state index contributed by atoms with van der Waals surface area (Å²) in [6.45, 7) is 6.46. The first-order chi connectivity index (χ1) is 9.10. The van der Waals surface area contributed by atoms with Crippen LogP contribution < -0.4 is 10.1 Å². The van der Waals surface area contributed by atoms with E-state index in [1.807, 2.05) is 26.1 Å². The summed E-state index contributed by atoms with van der Waals surface area (Å²) in [5.41, 5.74) is 3.19. The van der Waals surface area contributed by atoms with E-state index in [0.29, 0.717) is 6.61 Å². The molecule has 0 aliphatic rings. The molecule has 4 nitrogen and oxygen atoms in total. The number of ether oxygens (including phenoxy) is 1. The Morgan fingerprint density at radius 2 is 2.11 bits per heavy atom. The third-order valence-electron chi connectivity index (χ3n) is 3.12. The summed E-state index contributed by atoms with van der Waals surface area (Å²) < 4.78 is 11.0. The van der Waals surface area contributed by atoms with E-state index in [-0.39, 0.29) is 6.04 Å². The zero-order valence-corrected chi connectivity index (χ0v) is 11.9. The first-order valence-electron chi connectivity index (χ1n) is 6.43. The van der Waals surface area contributed by atoms with Crippen molar-refractivity contribution < 1.29 is 9.26 Å². The Morgan fingerprint density at radius 3 is 2.74 bits per heavy atom. The van der Waals surface area contributed by atoms with Crippen LogP contribution in [0.5, 0.6) is 5.75 Å². The van der Waals surface area contributed by atoms with E-state index in [1.165, 1.54) is 5.56 Å². The van der Waals surface area contributed by atoms with E-state index in [2.05, 4.69) is 36.5 Å². The summed E-state index contributed by atoms with van der Waals surface area (Å²) in [5.74, 6) is 1.62. The lowest BCUT2D eigenvalue weighted by molar-refractivity contribution is 0.245. The molecule has 102 valence electrons. The van der Waals surface area contributed by atoms with Crippen LogP contribution in [-0.4, -0.2) is 12.2 Å². The zero-order chi connectivity index (χ0) is 13.8. The van der Waals surface area contributed by atoms with Crippen LogP contribution in [0, 0.1) is 13.8 Å². The highest BCUT2D eigenvalue weighted by Crippen LogP contribution is 2.27. The molecule has 0 amide bonds. The fraction of sp³-hybridized carbons (Fsp3) is 0.400. The van der Waals surface area contributed by atoms with Gasteiger partial charge in [-0.1, -0.05) is 17.3 Å². The number of nitrogens with zero attached hydrogens (tertiary/aromatic N) is 1. The Labute approximate surface area is 113 Å². The second-order valence-corrected chi connectivity index (χ2v) is 4.77. The van der Waals surface area contributed by atoms with E-state index in [1.54, 1.807) is 0 Å². The molecule has 2 rings (SSSR count). The van der Waals surface area contributed by atoms with Crippen LogP contribution in [0.3, 0.4) is 0 Å². The molecule has 0 aliphatic heterocycles. The van der Waals surface area contributed by atoms with Crippen LogP contribution in [-0.2, 0) is 6.61 Å². The van der Waals surface area contributed by atoms with Crippen molar-refractivity contribution in [3.05, 3.63) is 46.8 Å². The summed E-state index contributed by atoms with van der Waals surface area (Å²) >= 11 is 0. The summed E-state index contributed by atoms with van der Waals surface area (Å²) in [4.78, 5) is 0. The van der Waals surface area contributed by atoms with Crippen molar-refractivity contribution in [3.63, 3.8) is 0 Å². The number of rotatable bonds is 5. The van der Waals surface area contributed by atoms with Crippen LogP contribution >= 0.6 is 0 Å². The molecule has 2 aromatic rings. The van der Waals surface area contributed by atoms with Gasteiger partial charge >= 0.3 is 0 Å². The predicted octanol–water partition coefficient (Wildman–Crippen LogP) is 3.15. The Morgan fingerprint density at radius 1 is 1.32 bits per heavy atom. The third kappa shape index (κ3) is 3.35. The molecule has 0 radical (unpaired) electrons. The number of aryl methyl sites for hydroxylation is 2. The maximum Gasteiger partial charge on any atom is 0.174 e. The van der Waals surface area contributed by atoms with Gasteiger partial charge in [0, 0.05) is 17.7 Å². The van der Waals surface area contributed by atoms with Gasteiger partial charge in [0.2, 0.25) is 0 Å². The molecular weight excluding hydrogens is 240 g/mol. The molecular formula is C15H20N2O2. The van der Waals surface area contributed by atoms with Gasteiger partial charge in [-0.2, -0.15) is 0 Å². The molecule has 1 atom stereocenters. The lowest BCUT2D eigenvalue weighted by atomic mass is 10.1. The first kappa shape index (κ1) is 13.6. The fourth-order valence-electron chi connectivity index (χ4n) is 1.91. The highest BCUT2D eigenvalue weighted by atomic mass is 16.5. The topological polar surface area (TPSA) is 47.3 Å². The van der Waals surface area contributed by atoms with Crippen LogP contribution in [0.15, 0.2) is 28.8 Å². The van der Waals surface area contributed by atoms with E-state index in [0.717, 1.165) is 22.8 Å². The van der Waals surface area contributed by atoms with Gasteiger partial charge in [0.15, 0.2) is 5.76 Å². The zero-order valence-electron chi connectivity index (χ0n) is 11.9. The minimum absolute atomic E-state index is 0.243. The summed E-state index contributed by atoms with van der Waals surface area (Å²) in [6, 6.07) is 8.36. The first-order valence-corrected chi connectivity index (χ1v) is 6.43. The average Bonchev–Trinajstić information content (AvgIpc) is 2.81. The van der Waals surface area contributed by atoms with Gasteiger partial charge in [-0.3, -0.25) is 0 Å². The molecule has 19 heavy (non-hydrogen) atoms. The van der Waals surface area contributed by atoms with Crippen molar-refractivity contribution in [2.24, 2.45) is 0 Å². The van der Waals surface area contributed by atoms with Crippen LogP contribution in [0.4, 0.5) is 0 Å². The van der Waals surface area contributed by atoms with E-state index in [4.69, 9.17) is 9.26 Å². The van der Waals surface area contributed by atoms with Gasteiger partial charge in [0.1, 0.15) is 12.4 Å². The molecule has 1 heterocycles. The number of hydrogen-bond donors (Lipinski definition) is 1. The Kier molecular flexibility index (Phi) is 4.22. The molecule has 1 unspecified atom stereocenters. The van der Waals surface area contributed by atoms with Gasteiger partial charge in [0.05, 0.1) is 5.69 Å². The molecule has 1 aromatic carbocycles. The quantitative estimate of drug-likeness (QED) is 0.897. The Balaban J connectivity index is 2.16. The summed E-state index contributed by atoms with van der Waals surface area (Å²) in [5, 5.41) is 7.08. The highest BCUT2D eigenvalue weighted by Gasteiger charge is 2.11. The van der Waals surface area contributed by atoms with Gasteiger partial charge in [0.25, 0.3) is 0 Å². The summed E-state index contributed by atoms with van der Waals surface area (Å²) in [7, 11) is 1.94. The standard InChI is InChI=1S/C15H20N2O2/c1-10-5-6-14(12(3)16-4)15(7-10)18-9-13-8-11(2)17-19-13/h5-8,12,16H,9H2,1-4H3. The van der Waals surface area contributed by atoms with E-state index >= 15 is 0 Å². The predicted molar refractivity (Wildman–Crippen MR) is 74.2 cm³/mol. The fourth-order valence-corrected chi connectivity index (χ4v) is 1.91. The smallest absolute Gasteiger partial charge is 0.174 e. The van der Waals surface area contributed by atoms with Crippen molar-refractivity contribution in [1.82, 2.24) is 10.5 Å². The molecule has 4 heteroatoms. The second kappa shape index (κ2) is 5.89. The van der Waals surface area contributed by atoms with Gasteiger partial charge < -0.3 is 14.6 Å². The minimum Gasteiger partial charge on any atom is -0.485 e. The molecule has 1 N–H and O–H groups in total. The van der Waals surface area contributed by atoms with Gasteiger partial charge in [-0.05, 0) is 39.4 Å². The maximum atomic E-state index is 5.87. The molecule has 1 aromatic heterocycles. The molecule has 0 saturated heterocycles. The Hall–Kier alpha value is -1.81. The number of benzene rings is 1. The molecule has 0 saturated carbocycles. The van der Waals surface area contributed by atoms with Crippen molar-refractivity contribution in [1.29, 1.82) is 0 Å². The molecule has 0 spiro atoms. The van der Waals surface area contributed by atoms with Crippen LogP contribution in [0.1, 0.15) is 35.5 Å². The van der Waals surface area contributed by atoms with Gasteiger partial charge in [-0.25, -0.2) is 0 Å². The van der Waals surface area contributed by atoms with E-state index < -0.39 is 0 Å². The van der Waals surface area contributed by atoms with Crippen molar-refractivity contribution in [3.8, 4) is 5.75 Å². The number of hydrogen-bond acceptors (Lipinski definition) is 4. The van der Waals surface area contributed by atoms with Crippen LogP contribution in [0.2, 0.25) is 0 Å². The normalized spacial score (nSPS) is 12.4. The van der Waals surface area contributed by atoms with E-state index in [9.17, 15) is 0 Å². The third-order valence-corrected chi connectivity index (χ3v) is 3.12.